The summed E-state index contributed by atoms with van der Waals surface area (Å²) in [6.07, 6.45) is 2.16. The van der Waals surface area contributed by atoms with E-state index < -0.39 is 0 Å². The summed E-state index contributed by atoms with van der Waals surface area (Å²) in [7, 11) is 0. The molecule has 0 unspecified atom stereocenters. The maximum atomic E-state index is 9.72. The molecule has 0 saturated carbocycles. The van der Waals surface area contributed by atoms with E-state index in [1.807, 2.05) is 0 Å². The number of hydrogen-bond donors (Lipinski definition) is 1. The average molecular weight is 172 g/mol. The first-order valence-corrected chi connectivity index (χ1v) is 1.41. The first-order valence-electron chi connectivity index (χ1n) is 1.41. The maximum Gasteiger partial charge on any atom is 0 e. The Labute approximate surface area is 68.2 Å². The van der Waals surface area contributed by atoms with E-state index in [2.05, 4.69) is 25.0 Å². The largest absolute Gasteiger partial charge is 0.521 e. The normalized spacial score (nSPS) is 5.71. The minimum Gasteiger partial charge on any atom is -0.521 e. The summed E-state index contributed by atoms with van der Waals surface area (Å²) >= 11 is 0. The molecule has 3 heteroatoms. The molecule has 0 saturated heterocycles. The fourth-order valence-corrected chi connectivity index (χ4v) is 0.0986. The van der Waals surface area contributed by atoms with Crippen LogP contribution in [0.2, 0.25) is 0 Å². The molecule has 7 heavy (non-hydrogen) atoms. The summed E-state index contributed by atoms with van der Waals surface area (Å²) in [5, 5.41) is 2.10. The fourth-order valence-electron chi connectivity index (χ4n) is 0.0986. The third-order valence-corrected chi connectivity index (χ3v) is 0.228. The van der Waals surface area contributed by atoms with Crippen molar-refractivity contribution in [2.24, 2.45) is 0 Å². The van der Waals surface area contributed by atoms with Gasteiger partial charge in [0.05, 0.1) is 0 Å². The van der Waals surface area contributed by atoms with Crippen molar-refractivity contribution >= 4 is 5.91 Å². The standard InChI is InChI=1S/C4H5NO.Y/c1-3-5-4(2)6;/h1-2H2,(H,5,6);/q-2;. The summed E-state index contributed by atoms with van der Waals surface area (Å²) in [4.78, 5) is 9.72. The van der Waals surface area contributed by atoms with Crippen LogP contribution in [0.15, 0.2) is 6.58 Å². The number of carbonyl (C=O) groups excluding carboxylic acids is 1. The van der Waals surface area contributed by atoms with Gasteiger partial charge in [-0.1, -0.05) is 5.91 Å². The molecule has 0 bridgehead atoms. The molecule has 0 aliphatic carbocycles. The van der Waals surface area contributed by atoms with Gasteiger partial charge in [0.1, 0.15) is 0 Å². The van der Waals surface area contributed by atoms with Crippen LogP contribution in [0.4, 0.5) is 0 Å². The van der Waals surface area contributed by atoms with Crippen LogP contribution < -0.4 is 5.32 Å². The number of nitrogens with one attached hydrogen (secondary N) is 1. The van der Waals surface area contributed by atoms with E-state index in [0.717, 1.165) is 0 Å². The van der Waals surface area contributed by atoms with E-state index in [1.54, 1.807) is 0 Å². The van der Waals surface area contributed by atoms with Crippen molar-refractivity contribution in [1.82, 2.24) is 5.32 Å². The second kappa shape index (κ2) is 6.18. The molecule has 1 N–H and O–H groups in total. The Kier molecular flexibility index (Phi) is 9.03. The van der Waals surface area contributed by atoms with Crippen molar-refractivity contribution in [3.63, 3.8) is 0 Å². The second-order valence-corrected chi connectivity index (χ2v) is 0.725. The van der Waals surface area contributed by atoms with Gasteiger partial charge in [-0.25, -0.2) is 0 Å². The van der Waals surface area contributed by atoms with Gasteiger partial charge in [0.2, 0.25) is 0 Å². The molecule has 0 spiro atoms. The monoisotopic (exact) mass is 172 g/mol. The first kappa shape index (κ1) is 10.2. The zero-order valence-corrected chi connectivity index (χ0v) is 6.74. The van der Waals surface area contributed by atoms with Crippen LogP contribution >= 0.6 is 0 Å². The molecule has 0 aliphatic heterocycles. The number of hydrogen-bond acceptors (Lipinski definition) is 1. The molecule has 0 aliphatic rings. The van der Waals surface area contributed by atoms with Crippen LogP contribution in [0, 0.1) is 13.1 Å². The molecule has 1 radical (unpaired) electrons. The Bertz CT molecular complexity index is 72.1. The minimum atomic E-state index is -0.384. The minimum absolute atomic E-state index is 0. The third kappa shape index (κ3) is 10.7. The van der Waals surface area contributed by atoms with Gasteiger partial charge in [0.25, 0.3) is 0 Å². The number of amides is 1. The van der Waals surface area contributed by atoms with E-state index in [4.69, 9.17) is 0 Å². The fraction of sp³-hybridized carbons (Fsp3) is 0. The Morgan fingerprint density at radius 3 is 2.29 bits per heavy atom. The molecular weight excluding hydrogens is 167 g/mol. The Hall–Kier alpha value is 0.184. The van der Waals surface area contributed by atoms with Crippen molar-refractivity contribution in [2.75, 3.05) is 0 Å². The molecular formula is C4H5NOY-2. The molecule has 0 aromatic carbocycles. The summed E-state index contributed by atoms with van der Waals surface area (Å²) < 4.78 is 0. The van der Waals surface area contributed by atoms with Gasteiger partial charge in [-0.05, 0) is 0 Å². The number of rotatable bonds is 1. The predicted octanol–water partition coefficient (Wildman–Crippen LogP) is -0.119. The molecule has 0 aromatic rings. The zero-order chi connectivity index (χ0) is 4.99. The third-order valence-electron chi connectivity index (χ3n) is 0.228. The quantitative estimate of drug-likeness (QED) is 0.433. The van der Waals surface area contributed by atoms with Gasteiger partial charge in [0, 0.05) is 32.7 Å². The summed E-state index contributed by atoms with van der Waals surface area (Å²) in [6.45, 7) is 6.08. The van der Waals surface area contributed by atoms with Crippen molar-refractivity contribution in [1.29, 1.82) is 0 Å². The van der Waals surface area contributed by atoms with Crippen LogP contribution in [-0.2, 0) is 37.5 Å². The Morgan fingerprint density at radius 2 is 2.29 bits per heavy atom. The van der Waals surface area contributed by atoms with Crippen LogP contribution in [0.5, 0.6) is 0 Å². The van der Waals surface area contributed by atoms with Crippen LogP contribution in [-0.4, -0.2) is 5.91 Å². The molecule has 0 aromatic heterocycles. The van der Waals surface area contributed by atoms with Gasteiger partial charge >= 0.3 is 0 Å². The molecule has 2 nitrogen and oxygen atoms in total. The van der Waals surface area contributed by atoms with Gasteiger partial charge < -0.3 is 17.0 Å². The van der Waals surface area contributed by atoms with Crippen molar-refractivity contribution in [2.45, 2.75) is 0 Å². The van der Waals surface area contributed by atoms with Gasteiger partial charge in [-0.15, -0.1) is 0 Å². The smallest absolute Gasteiger partial charge is 0 e. The topological polar surface area (TPSA) is 29.1 Å². The summed E-state index contributed by atoms with van der Waals surface area (Å²) in [6, 6.07) is 0. The molecule has 0 heterocycles. The summed E-state index contributed by atoms with van der Waals surface area (Å²) in [5.74, 6) is -0.384. The van der Waals surface area contributed by atoms with Crippen molar-refractivity contribution in [3.8, 4) is 0 Å². The zero-order valence-electron chi connectivity index (χ0n) is 3.90. The average Bonchev–Trinajstić information content (AvgIpc) is 1.35. The van der Waals surface area contributed by atoms with E-state index in [-0.39, 0.29) is 38.6 Å². The summed E-state index contributed by atoms with van der Waals surface area (Å²) in [5.41, 5.74) is 0. The first-order chi connectivity index (χ1) is 2.77. The second-order valence-electron chi connectivity index (χ2n) is 0.725. The van der Waals surface area contributed by atoms with E-state index in [9.17, 15) is 4.79 Å². The molecule has 1 amide bonds. The van der Waals surface area contributed by atoms with Crippen LogP contribution in [0.3, 0.4) is 0 Å². The van der Waals surface area contributed by atoms with Gasteiger partial charge in [-0.2, -0.15) is 12.8 Å². The van der Waals surface area contributed by atoms with E-state index in [0.29, 0.717) is 0 Å². The predicted molar refractivity (Wildman–Crippen MR) is 22.4 cm³/mol. The Balaban J connectivity index is 0. The number of carbonyl (C=O) groups is 1. The van der Waals surface area contributed by atoms with E-state index >= 15 is 0 Å². The molecule has 0 rings (SSSR count). The van der Waals surface area contributed by atoms with Crippen LogP contribution in [0.1, 0.15) is 0 Å². The maximum absolute atomic E-state index is 9.72. The van der Waals surface area contributed by atoms with Crippen molar-refractivity contribution < 1.29 is 37.5 Å². The SMILES string of the molecule is C=[C-]NC([CH2-])=O.[Y]. The van der Waals surface area contributed by atoms with Gasteiger partial charge in [-0.3, -0.25) is 0 Å². The van der Waals surface area contributed by atoms with Crippen molar-refractivity contribution in [3.05, 3.63) is 19.7 Å². The molecule has 0 fully saturated rings. The van der Waals surface area contributed by atoms with Crippen LogP contribution in [0.25, 0.3) is 0 Å². The molecule has 37 valence electrons. The molecule has 0 atom stereocenters. The van der Waals surface area contributed by atoms with Gasteiger partial charge in [0.15, 0.2) is 0 Å². The Morgan fingerprint density at radius 1 is 1.86 bits per heavy atom. The van der Waals surface area contributed by atoms with E-state index in [1.165, 1.54) is 0 Å².